The Labute approximate surface area is 101 Å². The van der Waals surface area contributed by atoms with Crippen molar-refractivity contribution in [2.75, 3.05) is 7.11 Å². The van der Waals surface area contributed by atoms with Crippen LogP contribution in [0.15, 0.2) is 0 Å². The number of nitriles is 3. The summed E-state index contributed by atoms with van der Waals surface area (Å²) < 4.78 is 4.62. The average molecular weight is 233 g/mol. The highest BCUT2D eigenvalue weighted by molar-refractivity contribution is 5.79. The van der Waals surface area contributed by atoms with E-state index >= 15 is 0 Å². The summed E-state index contributed by atoms with van der Waals surface area (Å²) in [6.45, 7) is 0. The lowest BCUT2D eigenvalue weighted by Crippen LogP contribution is -2.31. The van der Waals surface area contributed by atoms with E-state index in [1.54, 1.807) is 0 Å². The predicted octanol–water partition coefficient (Wildman–Crippen LogP) is 2.06. The highest BCUT2D eigenvalue weighted by Gasteiger charge is 2.38. The van der Waals surface area contributed by atoms with Gasteiger partial charge in [0.15, 0.2) is 5.41 Å². The quantitative estimate of drug-likeness (QED) is 0.495. The summed E-state index contributed by atoms with van der Waals surface area (Å²) in [5.74, 6) is -0.591. The van der Waals surface area contributed by atoms with E-state index < -0.39 is 11.4 Å². The maximum atomic E-state index is 11.6. The number of ether oxygens (including phenoxy) is 1. The molecule has 0 saturated carbocycles. The molecule has 17 heavy (non-hydrogen) atoms. The van der Waals surface area contributed by atoms with Crippen molar-refractivity contribution < 1.29 is 9.53 Å². The molecule has 0 rings (SSSR count). The van der Waals surface area contributed by atoms with Crippen LogP contribution in [0.25, 0.3) is 0 Å². The Morgan fingerprint density at radius 3 is 2.24 bits per heavy atom. The molecule has 0 spiro atoms. The molecule has 0 aliphatic carbocycles. The fourth-order valence-corrected chi connectivity index (χ4v) is 1.58. The summed E-state index contributed by atoms with van der Waals surface area (Å²) in [5, 5.41) is 26.1. The normalized spacial score (nSPS) is 12.6. The third kappa shape index (κ3) is 4.53. The molecule has 0 aromatic heterocycles. The minimum Gasteiger partial charge on any atom is -0.468 e. The lowest BCUT2D eigenvalue weighted by atomic mass is 9.80. The van der Waals surface area contributed by atoms with Gasteiger partial charge in [0.1, 0.15) is 0 Å². The fraction of sp³-hybridized carbons (Fsp3) is 0.667. The number of rotatable bonds is 7. The van der Waals surface area contributed by atoms with E-state index in [9.17, 15) is 4.79 Å². The van der Waals surface area contributed by atoms with Crippen LogP contribution in [0, 0.1) is 39.4 Å². The molecule has 1 unspecified atom stereocenters. The molecule has 0 saturated heterocycles. The number of hydrogen-bond acceptors (Lipinski definition) is 5. The molecule has 0 aliphatic heterocycles. The molecule has 5 nitrogen and oxygen atoms in total. The van der Waals surface area contributed by atoms with Gasteiger partial charge in [-0.05, 0) is 19.3 Å². The van der Waals surface area contributed by atoms with Gasteiger partial charge in [-0.15, -0.1) is 0 Å². The molecular weight excluding hydrogens is 218 g/mol. The monoisotopic (exact) mass is 233 g/mol. The van der Waals surface area contributed by atoms with Crippen molar-refractivity contribution in [1.82, 2.24) is 0 Å². The van der Waals surface area contributed by atoms with E-state index in [4.69, 9.17) is 15.8 Å². The second-order valence-electron chi connectivity index (χ2n) is 3.71. The topological polar surface area (TPSA) is 97.7 Å². The Morgan fingerprint density at radius 2 is 1.76 bits per heavy atom. The molecule has 0 aliphatic rings. The Hall–Kier alpha value is -2.06. The van der Waals surface area contributed by atoms with Gasteiger partial charge in [-0.25, -0.2) is 0 Å². The highest BCUT2D eigenvalue weighted by atomic mass is 16.5. The smallest absolute Gasteiger partial charge is 0.326 e. The zero-order valence-electron chi connectivity index (χ0n) is 9.90. The molecule has 0 aromatic rings. The maximum Gasteiger partial charge on any atom is 0.326 e. The molecule has 0 fully saturated rings. The number of hydrogen-bond donors (Lipinski definition) is 0. The Morgan fingerprint density at radius 1 is 1.12 bits per heavy atom. The van der Waals surface area contributed by atoms with Crippen LogP contribution in [0.3, 0.4) is 0 Å². The Kier molecular flexibility index (Phi) is 7.15. The zero-order valence-corrected chi connectivity index (χ0v) is 9.90. The van der Waals surface area contributed by atoms with Gasteiger partial charge in [0.2, 0.25) is 0 Å². The van der Waals surface area contributed by atoms with Gasteiger partial charge < -0.3 is 4.74 Å². The first-order valence-electron chi connectivity index (χ1n) is 5.40. The molecule has 90 valence electrons. The second kappa shape index (κ2) is 8.13. The molecule has 0 heterocycles. The first-order valence-corrected chi connectivity index (χ1v) is 5.40. The van der Waals surface area contributed by atoms with Crippen LogP contribution in [0.4, 0.5) is 0 Å². The van der Waals surface area contributed by atoms with Gasteiger partial charge in [0, 0.05) is 12.8 Å². The molecule has 0 amide bonds. The molecule has 0 bridgehead atoms. The summed E-state index contributed by atoms with van der Waals surface area (Å²) in [5.41, 5.74) is -1.24. The van der Waals surface area contributed by atoms with Crippen molar-refractivity contribution in [2.45, 2.75) is 38.5 Å². The minimum absolute atomic E-state index is 0.140. The number of methoxy groups -OCH3 is 1. The first kappa shape index (κ1) is 14.9. The molecule has 1 atom stereocenters. The van der Waals surface area contributed by atoms with E-state index in [1.165, 1.54) is 7.11 Å². The van der Waals surface area contributed by atoms with Gasteiger partial charge in [0.05, 0.1) is 25.3 Å². The Balaban J connectivity index is 4.60. The molecule has 0 aromatic carbocycles. The van der Waals surface area contributed by atoms with E-state index in [0.717, 1.165) is 0 Å². The van der Waals surface area contributed by atoms with Crippen LogP contribution in [0.5, 0.6) is 0 Å². The van der Waals surface area contributed by atoms with E-state index in [-0.39, 0.29) is 12.8 Å². The first-order chi connectivity index (χ1) is 8.16. The zero-order chi connectivity index (χ0) is 13.1. The van der Waals surface area contributed by atoms with Crippen LogP contribution in [0.2, 0.25) is 0 Å². The summed E-state index contributed by atoms with van der Waals surface area (Å²) in [7, 11) is 1.23. The number of carbonyl (C=O) groups excluding carboxylic acids is 1. The fourth-order valence-electron chi connectivity index (χ4n) is 1.58. The molecule has 0 radical (unpaired) electrons. The average Bonchev–Trinajstić information content (AvgIpc) is 2.37. The number of esters is 1. The SMILES string of the molecule is COC(=O)C(C#N)(CCC#N)CCCCC#N. The van der Waals surface area contributed by atoms with Crippen molar-refractivity contribution in [2.24, 2.45) is 5.41 Å². The van der Waals surface area contributed by atoms with Crippen LogP contribution in [-0.2, 0) is 9.53 Å². The third-order valence-electron chi connectivity index (χ3n) is 2.60. The van der Waals surface area contributed by atoms with Crippen molar-refractivity contribution in [3.05, 3.63) is 0 Å². The van der Waals surface area contributed by atoms with E-state index in [0.29, 0.717) is 25.7 Å². The van der Waals surface area contributed by atoms with Gasteiger partial charge in [-0.1, -0.05) is 6.42 Å². The number of nitrogens with zero attached hydrogens (tertiary/aromatic N) is 3. The molecular formula is C12H15N3O2. The summed E-state index contributed by atoms with van der Waals surface area (Å²) in [4.78, 5) is 11.6. The number of carbonyl (C=O) groups is 1. The highest BCUT2D eigenvalue weighted by Crippen LogP contribution is 2.31. The van der Waals surface area contributed by atoms with Gasteiger partial charge in [-0.3, -0.25) is 4.79 Å². The van der Waals surface area contributed by atoms with Crippen molar-refractivity contribution in [3.63, 3.8) is 0 Å². The predicted molar refractivity (Wildman–Crippen MR) is 59.0 cm³/mol. The molecule has 5 heteroatoms. The largest absolute Gasteiger partial charge is 0.468 e. The maximum absolute atomic E-state index is 11.6. The van der Waals surface area contributed by atoms with Crippen molar-refractivity contribution >= 4 is 5.97 Å². The van der Waals surface area contributed by atoms with Crippen molar-refractivity contribution in [3.8, 4) is 18.2 Å². The summed E-state index contributed by atoms with van der Waals surface area (Å²) in [6, 6.07) is 5.90. The van der Waals surface area contributed by atoms with Crippen LogP contribution in [0.1, 0.15) is 38.5 Å². The van der Waals surface area contributed by atoms with Crippen molar-refractivity contribution in [1.29, 1.82) is 15.8 Å². The van der Waals surface area contributed by atoms with E-state index in [2.05, 4.69) is 4.74 Å². The van der Waals surface area contributed by atoms with Crippen LogP contribution >= 0.6 is 0 Å². The summed E-state index contributed by atoms with van der Waals surface area (Å²) >= 11 is 0. The van der Waals surface area contributed by atoms with Gasteiger partial charge >= 0.3 is 5.97 Å². The van der Waals surface area contributed by atoms with Gasteiger partial charge in [0.25, 0.3) is 0 Å². The van der Waals surface area contributed by atoms with Crippen LogP contribution in [-0.4, -0.2) is 13.1 Å². The summed E-state index contributed by atoms with van der Waals surface area (Å²) in [6.07, 6.45) is 2.30. The van der Waals surface area contributed by atoms with Gasteiger partial charge in [-0.2, -0.15) is 15.8 Å². The van der Waals surface area contributed by atoms with Crippen LogP contribution < -0.4 is 0 Å². The lowest BCUT2D eigenvalue weighted by molar-refractivity contribution is -0.150. The number of unbranched alkanes of at least 4 members (excludes halogenated alkanes) is 2. The molecule has 0 N–H and O–H groups in total. The second-order valence-corrected chi connectivity index (χ2v) is 3.71. The minimum atomic E-state index is -1.24. The Bertz CT molecular complexity index is 373. The van der Waals surface area contributed by atoms with E-state index in [1.807, 2.05) is 18.2 Å². The lowest BCUT2D eigenvalue weighted by Gasteiger charge is -2.22. The standard InChI is InChI=1S/C12H15N3O2/c1-17-11(16)12(10-15,7-5-9-14)6-3-2-4-8-13/h2-7H2,1H3. The third-order valence-corrected chi connectivity index (χ3v) is 2.60.